The summed E-state index contributed by atoms with van der Waals surface area (Å²) in [7, 11) is 0. The zero-order valence-corrected chi connectivity index (χ0v) is 29.8. The Balaban J connectivity index is 1.45. The number of nitrogens with one attached hydrogen (secondary N) is 2. The molecule has 2 aromatic rings. The molecule has 2 amide bonds. The lowest BCUT2D eigenvalue weighted by Crippen LogP contribution is -2.51. The van der Waals surface area contributed by atoms with Gasteiger partial charge in [-0.1, -0.05) is 84.3 Å². The van der Waals surface area contributed by atoms with Gasteiger partial charge in [-0.2, -0.15) is 5.10 Å². The minimum absolute atomic E-state index is 0.0240. The standard InChI is InChI=1S/C38H51ClN6O2/c1-8-30-23-41-44-32(42-30)24-40-34(46)26-14-12-25(13-15-26)31(18-19-36(2,3)4)45-35(47)33(27-10-9-11-29(39)22-27)43-38(45)20-16-28(17-21-38)37(5,6)7/h9-15,22-23,28,30-31H,8,16-21,24H2,1-7H3,(H,40,46)(H,42,44). The van der Waals surface area contributed by atoms with Crippen molar-refractivity contribution < 1.29 is 9.59 Å². The van der Waals surface area contributed by atoms with Crippen LogP contribution in [0.2, 0.25) is 5.02 Å². The largest absolute Gasteiger partial charge is 0.345 e. The van der Waals surface area contributed by atoms with E-state index in [0.717, 1.165) is 56.1 Å². The van der Waals surface area contributed by atoms with Crippen molar-refractivity contribution in [2.24, 2.45) is 31.8 Å². The second-order valence-electron chi connectivity index (χ2n) is 15.6. The lowest BCUT2D eigenvalue weighted by molar-refractivity contribution is -0.134. The van der Waals surface area contributed by atoms with Gasteiger partial charge in [0.2, 0.25) is 0 Å². The topological polar surface area (TPSA) is 98.5 Å². The molecule has 2 N–H and O–H groups in total. The Morgan fingerprint density at radius 2 is 1.79 bits per heavy atom. The first-order valence-electron chi connectivity index (χ1n) is 17.1. The zero-order valence-electron chi connectivity index (χ0n) is 29.1. The fraction of sp³-hybridized carbons (Fsp3) is 0.553. The summed E-state index contributed by atoms with van der Waals surface area (Å²) >= 11 is 6.40. The molecule has 0 aromatic heterocycles. The van der Waals surface area contributed by atoms with E-state index in [1.54, 1.807) is 6.21 Å². The van der Waals surface area contributed by atoms with E-state index in [1.165, 1.54) is 0 Å². The van der Waals surface area contributed by atoms with Crippen molar-refractivity contribution in [2.75, 3.05) is 6.54 Å². The second kappa shape index (κ2) is 13.9. The van der Waals surface area contributed by atoms with Crippen molar-refractivity contribution in [2.45, 2.75) is 111 Å². The van der Waals surface area contributed by atoms with Crippen LogP contribution >= 0.6 is 11.6 Å². The van der Waals surface area contributed by atoms with E-state index >= 15 is 0 Å². The van der Waals surface area contributed by atoms with Crippen molar-refractivity contribution in [3.8, 4) is 0 Å². The van der Waals surface area contributed by atoms with Crippen LogP contribution in [0, 0.1) is 16.7 Å². The second-order valence-corrected chi connectivity index (χ2v) is 16.1. The molecule has 0 saturated heterocycles. The number of hydrogen-bond donors (Lipinski definition) is 2. The fourth-order valence-electron chi connectivity index (χ4n) is 7.05. The summed E-state index contributed by atoms with van der Waals surface area (Å²) in [6.45, 7) is 16.0. The van der Waals surface area contributed by atoms with Gasteiger partial charge in [0, 0.05) is 22.4 Å². The molecule has 2 aromatic carbocycles. The smallest absolute Gasteiger partial charge is 0.275 e. The molecule has 5 rings (SSSR count). The van der Waals surface area contributed by atoms with Gasteiger partial charge >= 0.3 is 0 Å². The predicted molar refractivity (Wildman–Crippen MR) is 192 cm³/mol. The van der Waals surface area contributed by atoms with Gasteiger partial charge in [0.15, 0.2) is 0 Å². The van der Waals surface area contributed by atoms with Crippen molar-refractivity contribution in [1.29, 1.82) is 0 Å². The summed E-state index contributed by atoms with van der Waals surface area (Å²) in [4.78, 5) is 39.8. The highest BCUT2D eigenvalue weighted by atomic mass is 35.5. The van der Waals surface area contributed by atoms with Gasteiger partial charge in [0.05, 0.1) is 18.6 Å². The van der Waals surface area contributed by atoms with Crippen LogP contribution in [0.5, 0.6) is 0 Å². The van der Waals surface area contributed by atoms with E-state index in [-0.39, 0.29) is 41.3 Å². The number of hydrogen-bond acceptors (Lipinski definition) is 6. The van der Waals surface area contributed by atoms with Crippen molar-refractivity contribution in [3.63, 3.8) is 0 Å². The molecule has 1 spiro atoms. The first kappa shape index (κ1) is 34.8. The molecule has 9 heteroatoms. The summed E-state index contributed by atoms with van der Waals surface area (Å²) in [5, 5.41) is 7.69. The quantitative estimate of drug-likeness (QED) is 0.286. The number of rotatable bonds is 9. The first-order valence-corrected chi connectivity index (χ1v) is 17.5. The lowest BCUT2D eigenvalue weighted by atomic mass is 9.69. The maximum atomic E-state index is 14.6. The maximum Gasteiger partial charge on any atom is 0.275 e. The summed E-state index contributed by atoms with van der Waals surface area (Å²) in [6, 6.07) is 15.0. The molecule has 252 valence electrons. The molecule has 3 aliphatic rings. The van der Waals surface area contributed by atoms with E-state index in [2.05, 4.69) is 74.2 Å². The van der Waals surface area contributed by atoms with Gasteiger partial charge in [0.1, 0.15) is 17.2 Å². The Hall–Kier alpha value is -3.52. The number of amides is 2. The summed E-state index contributed by atoms with van der Waals surface area (Å²) in [6.07, 6.45) is 7.99. The highest BCUT2D eigenvalue weighted by Gasteiger charge is 2.52. The van der Waals surface area contributed by atoms with Crippen LogP contribution in [-0.4, -0.2) is 52.7 Å². The van der Waals surface area contributed by atoms with Crippen LogP contribution in [0.4, 0.5) is 0 Å². The van der Waals surface area contributed by atoms with Gasteiger partial charge in [-0.05, 0) is 91.5 Å². The first-order chi connectivity index (χ1) is 22.2. The number of benzene rings is 2. The minimum Gasteiger partial charge on any atom is -0.345 e. The van der Waals surface area contributed by atoms with Crippen LogP contribution in [0.1, 0.15) is 121 Å². The maximum absolute atomic E-state index is 14.6. The number of carbonyl (C=O) groups is 2. The average molecular weight is 659 g/mol. The molecule has 0 radical (unpaired) electrons. The number of halogens is 1. The lowest BCUT2D eigenvalue weighted by Gasteiger charge is -2.47. The predicted octanol–water partition coefficient (Wildman–Crippen LogP) is 7.97. The van der Waals surface area contributed by atoms with Crippen molar-refractivity contribution in [3.05, 3.63) is 70.2 Å². The van der Waals surface area contributed by atoms with Gasteiger partial charge < -0.3 is 10.2 Å². The Bertz CT molecular complexity index is 1540. The average Bonchev–Trinajstić information content (AvgIpc) is 3.30. The summed E-state index contributed by atoms with van der Waals surface area (Å²) < 4.78 is 0. The third-order valence-corrected chi connectivity index (χ3v) is 10.2. The highest BCUT2D eigenvalue weighted by Crippen LogP contribution is 2.50. The highest BCUT2D eigenvalue weighted by molar-refractivity contribution is 6.47. The number of hydrazone groups is 1. The Labute approximate surface area is 285 Å². The number of nitrogens with zero attached hydrogens (tertiary/aromatic N) is 4. The van der Waals surface area contributed by atoms with Gasteiger partial charge in [-0.25, -0.2) is 0 Å². The molecule has 2 aliphatic heterocycles. The van der Waals surface area contributed by atoms with Crippen LogP contribution in [0.3, 0.4) is 0 Å². The van der Waals surface area contributed by atoms with E-state index in [4.69, 9.17) is 16.6 Å². The van der Waals surface area contributed by atoms with Gasteiger partial charge in [-0.15, -0.1) is 0 Å². The zero-order chi connectivity index (χ0) is 34.0. The van der Waals surface area contributed by atoms with Gasteiger partial charge in [-0.3, -0.25) is 25.0 Å². The molecule has 2 unspecified atom stereocenters. The molecule has 2 heterocycles. The molecule has 8 nitrogen and oxygen atoms in total. The summed E-state index contributed by atoms with van der Waals surface area (Å²) in [5.41, 5.74) is 5.35. The monoisotopic (exact) mass is 658 g/mol. The molecule has 1 aliphatic carbocycles. The fourth-order valence-corrected chi connectivity index (χ4v) is 7.24. The minimum atomic E-state index is -0.623. The van der Waals surface area contributed by atoms with Crippen LogP contribution in [0.25, 0.3) is 0 Å². The molecule has 1 saturated carbocycles. The Kier molecular flexibility index (Phi) is 10.3. The third-order valence-electron chi connectivity index (χ3n) is 9.93. The van der Waals surface area contributed by atoms with E-state index in [1.807, 2.05) is 48.5 Å². The number of amidine groups is 1. The van der Waals surface area contributed by atoms with Gasteiger partial charge in [0.25, 0.3) is 11.8 Å². The third kappa shape index (κ3) is 8.14. The summed E-state index contributed by atoms with van der Waals surface area (Å²) in [5.74, 6) is 0.976. The SMILES string of the molecule is CCC1C=NNC(CNC(=O)c2ccc(C(CCC(C)(C)C)N3C(=O)C(c4cccc(Cl)c4)=NC34CCC(C(C)(C)C)CC4)cc2)=N1. The van der Waals surface area contributed by atoms with E-state index in [9.17, 15) is 9.59 Å². The molecular formula is C38H51ClN6O2. The van der Waals surface area contributed by atoms with E-state index in [0.29, 0.717) is 28.1 Å². The number of carbonyl (C=O) groups excluding carboxylic acids is 2. The van der Waals surface area contributed by atoms with Crippen LogP contribution in [0.15, 0.2) is 63.6 Å². The Morgan fingerprint density at radius 1 is 1.09 bits per heavy atom. The van der Waals surface area contributed by atoms with Crippen molar-refractivity contribution in [1.82, 2.24) is 15.6 Å². The Morgan fingerprint density at radius 3 is 2.40 bits per heavy atom. The normalized spacial score (nSPS) is 23.7. The molecule has 0 bridgehead atoms. The van der Waals surface area contributed by atoms with E-state index < -0.39 is 5.66 Å². The number of aliphatic imine (C=N–C) groups is 2. The van der Waals surface area contributed by atoms with Crippen molar-refractivity contribution >= 4 is 41.2 Å². The van der Waals surface area contributed by atoms with Crippen LogP contribution in [-0.2, 0) is 4.79 Å². The molecular weight excluding hydrogens is 608 g/mol. The molecule has 1 fully saturated rings. The molecule has 47 heavy (non-hydrogen) atoms. The molecule has 2 atom stereocenters. The van der Waals surface area contributed by atoms with Crippen LogP contribution < -0.4 is 10.7 Å².